The highest BCUT2D eigenvalue weighted by Crippen LogP contribution is 2.02. The Labute approximate surface area is 91.9 Å². The Balaban J connectivity index is 2.34. The van der Waals surface area contributed by atoms with Crippen molar-refractivity contribution in [2.24, 2.45) is 5.92 Å². The largest absolute Gasteiger partial charge is 0.252 e. The van der Waals surface area contributed by atoms with Gasteiger partial charge in [-0.1, -0.05) is 19.1 Å². The minimum Gasteiger partial charge on any atom is -0.252 e. The standard InChI is InChI=1S/C12H19N3/c1-4-5-6-7-8-12-10-15(14-13-12)9-11(2)3/h10-11H,6-9H2,1-3H3. The number of aromatic nitrogens is 3. The lowest BCUT2D eigenvalue weighted by molar-refractivity contribution is 0.472. The molecule has 1 aromatic rings. The van der Waals surface area contributed by atoms with Crippen LogP contribution in [0.25, 0.3) is 0 Å². The third kappa shape index (κ3) is 4.64. The highest BCUT2D eigenvalue weighted by atomic mass is 15.4. The molecule has 3 heteroatoms. The van der Waals surface area contributed by atoms with E-state index in [0.717, 1.165) is 31.5 Å². The summed E-state index contributed by atoms with van der Waals surface area (Å²) in [4.78, 5) is 0. The molecule has 1 heterocycles. The molecule has 82 valence electrons. The van der Waals surface area contributed by atoms with E-state index in [4.69, 9.17) is 0 Å². The number of hydrogen-bond donors (Lipinski definition) is 0. The summed E-state index contributed by atoms with van der Waals surface area (Å²) in [6, 6.07) is 0. The zero-order valence-corrected chi connectivity index (χ0v) is 9.82. The second-order valence-corrected chi connectivity index (χ2v) is 4.11. The lowest BCUT2D eigenvalue weighted by atomic mass is 10.2. The predicted octanol–water partition coefficient (Wildman–Crippen LogP) is 2.28. The molecule has 1 rings (SSSR count). The maximum Gasteiger partial charge on any atom is 0.0827 e. The molecular weight excluding hydrogens is 186 g/mol. The number of unbranched alkanes of at least 4 members (excludes halogenated alkanes) is 1. The van der Waals surface area contributed by atoms with Gasteiger partial charge in [-0.25, -0.2) is 0 Å². The van der Waals surface area contributed by atoms with Crippen LogP contribution in [0.3, 0.4) is 0 Å². The second-order valence-electron chi connectivity index (χ2n) is 4.11. The van der Waals surface area contributed by atoms with E-state index in [1.165, 1.54) is 0 Å². The van der Waals surface area contributed by atoms with Crippen molar-refractivity contribution in [3.05, 3.63) is 11.9 Å². The van der Waals surface area contributed by atoms with Gasteiger partial charge in [0.2, 0.25) is 0 Å². The fourth-order valence-corrected chi connectivity index (χ4v) is 1.40. The van der Waals surface area contributed by atoms with Gasteiger partial charge in [0.15, 0.2) is 0 Å². The minimum absolute atomic E-state index is 0.616. The van der Waals surface area contributed by atoms with Gasteiger partial charge in [-0.15, -0.1) is 16.9 Å². The fraction of sp³-hybridized carbons (Fsp3) is 0.667. The van der Waals surface area contributed by atoms with Crippen LogP contribution >= 0.6 is 0 Å². The molecule has 0 N–H and O–H groups in total. The average Bonchev–Trinajstić information content (AvgIpc) is 2.59. The van der Waals surface area contributed by atoms with Crippen molar-refractivity contribution in [3.63, 3.8) is 0 Å². The van der Waals surface area contributed by atoms with Crippen LogP contribution in [0.1, 0.15) is 39.3 Å². The SMILES string of the molecule is CC#CCCCc1cn(CC(C)C)nn1. The molecule has 0 aromatic carbocycles. The molecule has 0 spiro atoms. The van der Waals surface area contributed by atoms with E-state index in [9.17, 15) is 0 Å². The van der Waals surface area contributed by atoms with Crippen LogP contribution in [-0.2, 0) is 13.0 Å². The number of hydrogen-bond acceptors (Lipinski definition) is 2. The zero-order valence-electron chi connectivity index (χ0n) is 9.82. The Bertz CT molecular complexity index is 341. The van der Waals surface area contributed by atoms with Crippen LogP contribution < -0.4 is 0 Å². The zero-order chi connectivity index (χ0) is 11.1. The maximum atomic E-state index is 4.13. The first kappa shape index (κ1) is 11.8. The molecule has 0 saturated heterocycles. The molecule has 0 bridgehead atoms. The molecule has 0 fully saturated rings. The predicted molar refractivity (Wildman–Crippen MR) is 61.2 cm³/mol. The lowest BCUT2D eigenvalue weighted by Gasteiger charge is -2.01. The first-order valence-corrected chi connectivity index (χ1v) is 5.51. The molecular formula is C12H19N3. The molecule has 0 aliphatic heterocycles. The van der Waals surface area contributed by atoms with Crippen molar-refractivity contribution in [3.8, 4) is 11.8 Å². The molecule has 1 aromatic heterocycles. The molecule has 0 amide bonds. The molecule has 15 heavy (non-hydrogen) atoms. The van der Waals surface area contributed by atoms with Crippen molar-refractivity contribution in [2.45, 2.75) is 46.6 Å². The Morgan fingerprint density at radius 1 is 1.47 bits per heavy atom. The summed E-state index contributed by atoms with van der Waals surface area (Å²) in [6.07, 6.45) is 5.04. The summed E-state index contributed by atoms with van der Waals surface area (Å²) in [7, 11) is 0. The molecule has 0 atom stereocenters. The van der Waals surface area contributed by atoms with E-state index in [1.54, 1.807) is 0 Å². The summed E-state index contributed by atoms with van der Waals surface area (Å²) < 4.78 is 1.92. The summed E-state index contributed by atoms with van der Waals surface area (Å²) in [6.45, 7) is 7.18. The smallest absolute Gasteiger partial charge is 0.0827 e. The normalized spacial score (nSPS) is 10.1. The van der Waals surface area contributed by atoms with Crippen LogP contribution in [0.4, 0.5) is 0 Å². The molecule has 0 saturated carbocycles. The quantitative estimate of drug-likeness (QED) is 0.545. The molecule has 0 radical (unpaired) electrons. The highest BCUT2D eigenvalue weighted by molar-refractivity contribution is 4.97. The van der Waals surface area contributed by atoms with Crippen molar-refractivity contribution in [2.75, 3.05) is 0 Å². The van der Waals surface area contributed by atoms with E-state index in [1.807, 2.05) is 17.8 Å². The van der Waals surface area contributed by atoms with Crippen LogP contribution in [0.5, 0.6) is 0 Å². The number of aryl methyl sites for hydroxylation is 1. The summed E-state index contributed by atoms with van der Waals surface area (Å²) >= 11 is 0. The Morgan fingerprint density at radius 2 is 2.27 bits per heavy atom. The third-order valence-electron chi connectivity index (χ3n) is 2.05. The number of nitrogens with zero attached hydrogens (tertiary/aromatic N) is 3. The lowest BCUT2D eigenvalue weighted by Crippen LogP contribution is -2.04. The third-order valence-corrected chi connectivity index (χ3v) is 2.05. The van der Waals surface area contributed by atoms with E-state index >= 15 is 0 Å². The molecule has 0 unspecified atom stereocenters. The highest BCUT2D eigenvalue weighted by Gasteiger charge is 2.01. The monoisotopic (exact) mass is 205 g/mol. The first-order valence-electron chi connectivity index (χ1n) is 5.51. The van der Waals surface area contributed by atoms with Crippen LogP contribution in [0.15, 0.2) is 6.20 Å². The van der Waals surface area contributed by atoms with Gasteiger partial charge in [0.25, 0.3) is 0 Å². The van der Waals surface area contributed by atoms with E-state index in [-0.39, 0.29) is 0 Å². The first-order chi connectivity index (χ1) is 7.22. The second kappa shape index (κ2) is 6.23. The van der Waals surface area contributed by atoms with E-state index in [2.05, 4.69) is 36.0 Å². The van der Waals surface area contributed by atoms with Gasteiger partial charge in [0.1, 0.15) is 0 Å². The summed E-state index contributed by atoms with van der Waals surface area (Å²) in [5.74, 6) is 6.56. The van der Waals surface area contributed by atoms with Crippen molar-refractivity contribution < 1.29 is 0 Å². The Hall–Kier alpha value is -1.30. The van der Waals surface area contributed by atoms with Crippen LogP contribution in [0, 0.1) is 17.8 Å². The van der Waals surface area contributed by atoms with Gasteiger partial charge in [0.05, 0.1) is 5.69 Å². The molecule has 0 aliphatic rings. The van der Waals surface area contributed by atoms with Gasteiger partial charge in [0, 0.05) is 19.2 Å². The van der Waals surface area contributed by atoms with Gasteiger partial charge in [-0.3, -0.25) is 4.68 Å². The van der Waals surface area contributed by atoms with Crippen LogP contribution in [0.2, 0.25) is 0 Å². The summed E-state index contributed by atoms with van der Waals surface area (Å²) in [5.41, 5.74) is 1.08. The van der Waals surface area contributed by atoms with Gasteiger partial charge in [-0.05, 0) is 25.7 Å². The van der Waals surface area contributed by atoms with Gasteiger partial charge >= 0.3 is 0 Å². The van der Waals surface area contributed by atoms with Gasteiger partial charge in [-0.2, -0.15) is 0 Å². The molecule has 3 nitrogen and oxygen atoms in total. The van der Waals surface area contributed by atoms with E-state index in [0.29, 0.717) is 5.92 Å². The Morgan fingerprint density at radius 3 is 2.93 bits per heavy atom. The average molecular weight is 205 g/mol. The Kier molecular flexibility index (Phi) is 4.89. The number of rotatable bonds is 5. The van der Waals surface area contributed by atoms with Gasteiger partial charge < -0.3 is 0 Å². The maximum absolute atomic E-state index is 4.13. The van der Waals surface area contributed by atoms with Crippen LogP contribution in [-0.4, -0.2) is 15.0 Å². The van der Waals surface area contributed by atoms with E-state index < -0.39 is 0 Å². The summed E-state index contributed by atoms with van der Waals surface area (Å²) in [5, 5.41) is 8.22. The molecule has 0 aliphatic carbocycles. The fourth-order valence-electron chi connectivity index (χ4n) is 1.40. The topological polar surface area (TPSA) is 30.7 Å². The van der Waals surface area contributed by atoms with Crippen molar-refractivity contribution >= 4 is 0 Å². The van der Waals surface area contributed by atoms with Crippen molar-refractivity contribution in [1.29, 1.82) is 0 Å². The minimum atomic E-state index is 0.616. The van der Waals surface area contributed by atoms with Crippen molar-refractivity contribution in [1.82, 2.24) is 15.0 Å².